The van der Waals surface area contributed by atoms with Gasteiger partial charge in [0.2, 0.25) is 5.91 Å². The number of rotatable bonds is 6. The Morgan fingerprint density at radius 2 is 1.91 bits per heavy atom. The van der Waals surface area contributed by atoms with Crippen molar-refractivity contribution in [2.24, 2.45) is 0 Å². The number of hydrogen-bond acceptors (Lipinski definition) is 4. The Kier molecular flexibility index (Phi) is 7.54. The maximum absolute atomic E-state index is 13.6. The van der Waals surface area contributed by atoms with Crippen molar-refractivity contribution in [3.63, 3.8) is 0 Å². The van der Waals surface area contributed by atoms with E-state index in [0.29, 0.717) is 45.6 Å². The lowest BCUT2D eigenvalue weighted by Gasteiger charge is -2.43. The molecule has 4 rings (SSSR count). The maximum atomic E-state index is 13.6. The van der Waals surface area contributed by atoms with Crippen molar-refractivity contribution in [3.8, 4) is 5.75 Å². The van der Waals surface area contributed by atoms with Crippen LogP contribution in [-0.4, -0.2) is 48.8 Å². The van der Waals surface area contributed by atoms with E-state index >= 15 is 0 Å². The first kappa shape index (κ1) is 25.0. The summed E-state index contributed by atoms with van der Waals surface area (Å²) in [6.07, 6.45) is -2.96. The number of benzene rings is 2. The third-order valence-corrected chi connectivity index (χ3v) is 7.20. The first-order valence-corrected chi connectivity index (χ1v) is 12.2. The molecular formula is C25H28BrF3N2O3. The molecule has 0 spiro atoms. The number of carbonyl (C=O) groups is 1. The summed E-state index contributed by atoms with van der Waals surface area (Å²) < 4.78 is 51.6. The fraction of sp³-hybridized carbons (Fsp3) is 0.480. The van der Waals surface area contributed by atoms with Crippen molar-refractivity contribution in [1.82, 2.24) is 10.2 Å². The maximum Gasteiger partial charge on any atom is 0.416 e. The number of ether oxygens (including phenoxy) is 2. The van der Waals surface area contributed by atoms with Crippen LogP contribution in [0.15, 0.2) is 53.0 Å². The first-order chi connectivity index (χ1) is 16.2. The molecule has 0 radical (unpaired) electrons. The van der Waals surface area contributed by atoms with Gasteiger partial charge in [0.1, 0.15) is 17.4 Å². The number of hydrogen-bond donors (Lipinski definition) is 1. The second-order valence-corrected chi connectivity index (χ2v) is 9.81. The van der Waals surface area contributed by atoms with Gasteiger partial charge < -0.3 is 14.8 Å². The number of halogens is 4. The van der Waals surface area contributed by atoms with Crippen molar-refractivity contribution in [3.05, 3.63) is 64.1 Å². The van der Waals surface area contributed by atoms with Crippen LogP contribution in [0.2, 0.25) is 0 Å². The average Bonchev–Trinajstić information content (AvgIpc) is 3.28. The van der Waals surface area contributed by atoms with Crippen molar-refractivity contribution in [2.75, 3.05) is 26.3 Å². The monoisotopic (exact) mass is 540 g/mol. The van der Waals surface area contributed by atoms with Crippen LogP contribution in [0.4, 0.5) is 13.2 Å². The highest BCUT2D eigenvalue weighted by molar-refractivity contribution is 9.10. The molecule has 0 bridgehead atoms. The van der Waals surface area contributed by atoms with E-state index in [1.807, 2.05) is 31.2 Å². The summed E-state index contributed by atoms with van der Waals surface area (Å²) in [5, 5.41) is 3.17. The number of alkyl halides is 3. The van der Waals surface area contributed by atoms with Gasteiger partial charge in [-0.1, -0.05) is 34.1 Å². The fourth-order valence-corrected chi connectivity index (χ4v) is 4.98. The molecule has 1 unspecified atom stereocenters. The van der Waals surface area contributed by atoms with Gasteiger partial charge in [-0.05, 0) is 62.1 Å². The van der Waals surface area contributed by atoms with E-state index in [1.165, 1.54) is 12.1 Å². The molecular weight excluding hydrogens is 513 g/mol. The third-order valence-electron chi connectivity index (χ3n) is 6.67. The molecule has 1 N–H and O–H groups in total. The molecule has 2 aliphatic rings. The summed E-state index contributed by atoms with van der Waals surface area (Å²) in [6, 6.07) is 12.6. The highest BCUT2D eigenvalue weighted by atomic mass is 79.9. The van der Waals surface area contributed by atoms with Gasteiger partial charge in [0.15, 0.2) is 0 Å². The van der Waals surface area contributed by atoms with Crippen LogP contribution in [0.1, 0.15) is 43.4 Å². The Morgan fingerprint density at radius 1 is 1.21 bits per heavy atom. The Bertz CT molecular complexity index is 994. The number of nitrogens with one attached hydrogen (secondary N) is 1. The lowest BCUT2D eigenvalue weighted by atomic mass is 9.86. The smallest absolute Gasteiger partial charge is 0.416 e. The van der Waals surface area contributed by atoms with E-state index in [0.717, 1.165) is 22.2 Å². The number of nitrogens with zero attached hydrogens (tertiary/aromatic N) is 1. The zero-order valence-corrected chi connectivity index (χ0v) is 20.5. The number of carbonyl (C=O) groups excluding carboxylic acids is 1. The zero-order valence-electron chi connectivity index (χ0n) is 18.9. The van der Waals surface area contributed by atoms with E-state index in [4.69, 9.17) is 9.47 Å². The van der Waals surface area contributed by atoms with Crippen LogP contribution in [-0.2, 0) is 15.7 Å². The van der Waals surface area contributed by atoms with E-state index in [-0.39, 0.29) is 23.8 Å². The first-order valence-electron chi connectivity index (χ1n) is 11.4. The molecule has 34 heavy (non-hydrogen) atoms. The van der Waals surface area contributed by atoms with E-state index in [1.54, 1.807) is 0 Å². The van der Waals surface area contributed by atoms with Crippen LogP contribution in [0, 0.1) is 0 Å². The van der Waals surface area contributed by atoms with Crippen LogP contribution in [0.25, 0.3) is 0 Å². The molecule has 2 aromatic rings. The molecule has 9 heteroatoms. The molecule has 5 nitrogen and oxygen atoms in total. The average molecular weight is 541 g/mol. The third kappa shape index (κ3) is 5.58. The fourth-order valence-electron chi connectivity index (χ4n) is 4.71. The Hall–Kier alpha value is -2.10. The van der Waals surface area contributed by atoms with Crippen LogP contribution in [0.3, 0.4) is 0 Å². The summed E-state index contributed by atoms with van der Waals surface area (Å²) in [7, 11) is 0. The topological polar surface area (TPSA) is 50.8 Å². The molecule has 2 atom stereocenters. The van der Waals surface area contributed by atoms with Gasteiger partial charge in [0.05, 0.1) is 11.6 Å². The van der Waals surface area contributed by atoms with Crippen molar-refractivity contribution >= 4 is 21.8 Å². The molecule has 0 aromatic heterocycles. The highest BCUT2D eigenvalue weighted by Gasteiger charge is 2.48. The number of likely N-dealkylation sites (tertiary alicyclic amines) is 1. The Morgan fingerprint density at radius 3 is 2.59 bits per heavy atom. The van der Waals surface area contributed by atoms with Crippen molar-refractivity contribution in [2.45, 2.75) is 50.0 Å². The second kappa shape index (κ2) is 10.3. The van der Waals surface area contributed by atoms with Gasteiger partial charge in [0.25, 0.3) is 0 Å². The summed E-state index contributed by atoms with van der Waals surface area (Å²) in [4.78, 5) is 15.7. The van der Waals surface area contributed by atoms with Gasteiger partial charge >= 0.3 is 6.18 Å². The van der Waals surface area contributed by atoms with Crippen molar-refractivity contribution in [1.29, 1.82) is 0 Å². The normalized spacial score (nSPS) is 21.7. The molecule has 184 valence electrons. The lowest BCUT2D eigenvalue weighted by Crippen LogP contribution is -2.61. The molecule has 2 aliphatic heterocycles. The minimum Gasteiger partial charge on any atom is -0.489 e. The Balaban J connectivity index is 1.45. The molecule has 0 saturated carbocycles. The highest BCUT2D eigenvalue weighted by Crippen LogP contribution is 2.35. The SMILES string of the molecule is C[C@H](NC(=O)C1(N2CCC(Oc3cccc(C(F)(F)F)c3)C2)CCOCC1)c1ccc(Br)cc1. The molecule has 0 aliphatic carbocycles. The molecule has 2 heterocycles. The van der Waals surface area contributed by atoms with E-state index < -0.39 is 17.3 Å². The van der Waals surface area contributed by atoms with E-state index in [2.05, 4.69) is 26.1 Å². The zero-order chi connectivity index (χ0) is 24.3. The quantitative estimate of drug-likeness (QED) is 0.536. The van der Waals surface area contributed by atoms with Crippen LogP contribution >= 0.6 is 15.9 Å². The molecule has 2 saturated heterocycles. The van der Waals surface area contributed by atoms with Crippen LogP contribution in [0.5, 0.6) is 5.75 Å². The predicted octanol–water partition coefficient (Wildman–Crippen LogP) is 5.35. The van der Waals surface area contributed by atoms with Gasteiger partial charge in [-0.2, -0.15) is 13.2 Å². The lowest BCUT2D eigenvalue weighted by molar-refractivity contribution is -0.141. The van der Waals surface area contributed by atoms with Gasteiger partial charge in [-0.15, -0.1) is 0 Å². The summed E-state index contributed by atoms with van der Waals surface area (Å²) >= 11 is 3.43. The van der Waals surface area contributed by atoms with Gasteiger partial charge in [-0.3, -0.25) is 9.69 Å². The molecule has 2 fully saturated rings. The standard InChI is InChI=1S/C25H28BrF3N2O3/c1-17(18-5-7-20(26)8-6-18)30-23(32)24(10-13-33-14-11-24)31-12-9-22(16-31)34-21-4-2-3-19(15-21)25(27,28)29/h2-8,15,17,22H,9-14,16H2,1H3,(H,30,32)/t17-,22?/m0/s1. The minimum atomic E-state index is -4.42. The predicted molar refractivity (Wildman–Crippen MR) is 126 cm³/mol. The Labute approximate surface area is 205 Å². The summed E-state index contributed by atoms with van der Waals surface area (Å²) in [5.41, 5.74) is -0.457. The minimum absolute atomic E-state index is 0.0501. The van der Waals surface area contributed by atoms with Gasteiger partial charge in [-0.25, -0.2) is 0 Å². The largest absolute Gasteiger partial charge is 0.489 e. The van der Waals surface area contributed by atoms with Crippen LogP contribution < -0.4 is 10.1 Å². The number of amides is 1. The molecule has 1 amide bonds. The summed E-state index contributed by atoms with van der Waals surface area (Å²) in [5.74, 6) is 0.141. The second-order valence-electron chi connectivity index (χ2n) is 8.89. The molecule has 2 aromatic carbocycles. The summed E-state index contributed by atoms with van der Waals surface area (Å²) in [6.45, 7) is 4.02. The van der Waals surface area contributed by atoms with E-state index in [9.17, 15) is 18.0 Å². The van der Waals surface area contributed by atoms with Gasteiger partial charge in [0, 0.05) is 30.8 Å². The van der Waals surface area contributed by atoms with Crippen molar-refractivity contribution < 1.29 is 27.4 Å².